The highest BCUT2D eigenvalue weighted by molar-refractivity contribution is 7.93. The fourth-order valence-electron chi connectivity index (χ4n) is 3.84. The number of nitrogens with zero attached hydrogens (tertiary/aromatic N) is 4. The average molecular weight is 478 g/mol. The number of hydrogen-bond acceptors (Lipinski definition) is 4. The van der Waals surface area contributed by atoms with Crippen molar-refractivity contribution in [2.45, 2.75) is 19.1 Å². The van der Waals surface area contributed by atoms with E-state index >= 15 is 0 Å². The van der Waals surface area contributed by atoms with Crippen molar-refractivity contribution < 1.29 is 22.2 Å². The summed E-state index contributed by atoms with van der Waals surface area (Å²) in [6, 6.07) is 9.29. The minimum Gasteiger partial charge on any atom is -0.327 e. The van der Waals surface area contributed by atoms with Crippen LogP contribution >= 0.6 is 0 Å². The first-order chi connectivity index (χ1) is 15.4. The van der Waals surface area contributed by atoms with Gasteiger partial charge in [-0.2, -0.15) is 22.6 Å². The molecule has 0 fully saturated rings. The lowest BCUT2D eigenvalue weighted by Crippen LogP contribution is -2.25. The summed E-state index contributed by atoms with van der Waals surface area (Å²) >= 11 is 0. The van der Waals surface area contributed by atoms with Crippen LogP contribution in [0.1, 0.15) is 22.8 Å². The molecule has 0 aliphatic carbocycles. The van der Waals surface area contributed by atoms with E-state index in [-0.39, 0.29) is 17.4 Å². The van der Waals surface area contributed by atoms with Crippen LogP contribution < -0.4 is 5.73 Å². The number of aryl methyl sites for hydroxylation is 1. The summed E-state index contributed by atoms with van der Waals surface area (Å²) in [5.41, 5.74) is 6.90. The second-order valence-electron chi connectivity index (χ2n) is 8.15. The molecule has 0 aliphatic heterocycles. The Bertz CT molecular complexity index is 1490. The Morgan fingerprint density at radius 1 is 1.18 bits per heavy atom. The standard InChI is InChI=1S/C22H22F3N5O2S/c1-13(26)12-33(3,32)28-21(31)14-4-9-19-17(10-14)18-11-29(2)27-20(18)30(19)16-7-5-15(6-8-16)22(23,24)25/h4-11,13H,12,26H2,1-3H3. The van der Waals surface area contributed by atoms with E-state index in [9.17, 15) is 22.2 Å². The summed E-state index contributed by atoms with van der Waals surface area (Å²) in [6.07, 6.45) is -1.27. The van der Waals surface area contributed by atoms with Crippen LogP contribution in [-0.4, -0.2) is 42.5 Å². The Morgan fingerprint density at radius 2 is 1.85 bits per heavy atom. The Morgan fingerprint density at radius 3 is 2.45 bits per heavy atom. The van der Waals surface area contributed by atoms with E-state index in [4.69, 9.17) is 5.73 Å². The van der Waals surface area contributed by atoms with Gasteiger partial charge in [0.05, 0.1) is 20.8 Å². The summed E-state index contributed by atoms with van der Waals surface area (Å²) in [5.74, 6) is -0.526. The van der Waals surface area contributed by atoms with E-state index < -0.39 is 27.4 Å². The quantitative estimate of drug-likeness (QED) is 0.478. The molecule has 0 spiro atoms. The predicted octanol–water partition coefficient (Wildman–Crippen LogP) is 4.12. The molecule has 2 aromatic carbocycles. The van der Waals surface area contributed by atoms with Crippen molar-refractivity contribution in [3.63, 3.8) is 0 Å². The lowest BCUT2D eigenvalue weighted by molar-refractivity contribution is -0.137. The molecule has 33 heavy (non-hydrogen) atoms. The van der Waals surface area contributed by atoms with E-state index in [0.29, 0.717) is 22.2 Å². The van der Waals surface area contributed by atoms with Gasteiger partial charge in [-0.25, -0.2) is 4.21 Å². The van der Waals surface area contributed by atoms with Crippen LogP contribution in [0.25, 0.3) is 27.6 Å². The third-order valence-corrected chi connectivity index (χ3v) is 6.79. The Hall–Kier alpha value is -3.18. The first kappa shape index (κ1) is 23.0. The molecule has 0 aliphatic rings. The molecule has 4 aromatic rings. The molecule has 174 valence electrons. The van der Waals surface area contributed by atoms with E-state index in [1.165, 1.54) is 18.4 Å². The van der Waals surface area contributed by atoms with E-state index in [2.05, 4.69) is 9.46 Å². The van der Waals surface area contributed by atoms with Gasteiger partial charge in [-0.3, -0.25) is 14.0 Å². The largest absolute Gasteiger partial charge is 0.416 e. The van der Waals surface area contributed by atoms with Crippen molar-refractivity contribution in [1.82, 2.24) is 14.3 Å². The SMILES string of the molecule is CC(N)CS(C)(=O)=NC(=O)c1ccc2c(c1)c1cn(C)nc1n2-c1ccc(C(F)(F)F)cc1. The molecule has 0 radical (unpaired) electrons. The maximum atomic E-state index is 13.0. The highest BCUT2D eigenvalue weighted by Crippen LogP contribution is 2.34. The zero-order valence-electron chi connectivity index (χ0n) is 18.1. The number of amides is 1. The minimum absolute atomic E-state index is 0.0954. The molecule has 0 bridgehead atoms. The van der Waals surface area contributed by atoms with Gasteiger partial charge in [0.25, 0.3) is 5.91 Å². The van der Waals surface area contributed by atoms with E-state index in [1.54, 1.807) is 47.6 Å². The smallest absolute Gasteiger partial charge is 0.327 e. The second kappa shape index (κ2) is 7.99. The van der Waals surface area contributed by atoms with Crippen molar-refractivity contribution in [3.05, 3.63) is 59.8 Å². The minimum atomic E-state index is -4.43. The van der Waals surface area contributed by atoms with Crippen LogP contribution in [0.2, 0.25) is 0 Å². The number of hydrogen-bond donors (Lipinski definition) is 1. The summed E-state index contributed by atoms with van der Waals surface area (Å²) in [7, 11) is -1.06. The normalized spacial score (nSPS) is 15.0. The highest BCUT2D eigenvalue weighted by Gasteiger charge is 2.30. The van der Waals surface area contributed by atoms with Crippen LogP contribution in [0.5, 0.6) is 0 Å². The molecule has 2 aromatic heterocycles. The number of aromatic nitrogens is 3. The summed E-state index contributed by atoms with van der Waals surface area (Å²) < 4.78 is 58.7. The molecule has 11 heteroatoms. The number of carbonyl (C=O) groups is 1. The zero-order chi connectivity index (χ0) is 24.1. The molecule has 2 heterocycles. The molecule has 2 N–H and O–H groups in total. The third kappa shape index (κ3) is 4.51. The fourth-order valence-corrected chi connectivity index (χ4v) is 5.35. The van der Waals surface area contributed by atoms with Crippen LogP contribution in [-0.2, 0) is 23.0 Å². The summed E-state index contributed by atoms with van der Waals surface area (Å²) in [5, 5.41) is 5.85. The van der Waals surface area contributed by atoms with Gasteiger partial charge >= 0.3 is 6.18 Å². The molecular weight excluding hydrogens is 455 g/mol. The zero-order valence-corrected chi connectivity index (χ0v) is 18.9. The van der Waals surface area contributed by atoms with Crippen LogP contribution in [0.4, 0.5) is 13.2 Å². The average Bonchev–Trinajstić information content (AvgIpc) is 3.20. The molecule has 2 unspecified atom stereocenters. The van der Waals surface area contributed by atoms with Gasteiger partial charge < -0.3 is 5.73 Å². The van der Waals surface area contributed by atoms with Crippen LogP contribution in [0, 0.1) is 0 Å². The first-order valence-corrected chi connectivity index (χ1v) is 12.1. The molecule has 1 amide bonds. The topological polar surface area (TPSA) is 95.3 Å². The monoisotopic (exact) mass is 477 g/mol. The number of rotatable bonds is 4. The lowest BCUT2D eigenvalue weighted by Gasteiger charge is -2.10. The van der Waals surface area contributed by atoms with Gasteiger partial charge in [0.1, 0.15) is 0 Å². The highest BCUT2D eigenvalue weighted by atomic mass is 32.2. The number of fused-ring (bicyclic) bond motifs is 3. The van der Waals surface area contributed by atoms with Gasteiger partial charge in [0.2, 0.25) is 0 Å². The molecular formula is C22H22F3N5O2S. The Kier molecular flexibility index (Phi) is 5.57. The molecule has 0 saturated heterocycles. The number of halogens is 3. The van der Waals surface area contributed by atoms with Crippen LogP contribution in [0.15, 0.2) is 53.0 Å². The van der Waals surface area contributed by atoms with Crippen molar-refractivity contribution in [1.29, 1.82) is 0 Å². The van der Waals surface area contributed by atoms with Gasteiger partial charge in [0, 0.05) is 53.3 Å². The van der Waals surface area contributed by atoms with E-state index in [0.717, 1.165) is 17.5 Å². The number of alkyl halides is 3. The Balaban J connectivity index is 1.86. The van der Waals surface area contributed by atoms with Gasteiger partial charge in [-0.15, -0.1) is 0 Å². The molecule has 4 rings (SSSR count). The summed E-state index contributed by atoms with van der Waals surface area (Å²) in [6.45, 7) is 1.69. The molecule has 7 nitrogen and oxygen atoms in total. The summed E-state index contributed by atoms with van der Waals surface area (Å²) in [4.78, 5) is 12.7. The first-order valence-electron chi connectivity index (χ1n) is 10.0. The maximum Gasteiger partial charge on any atom is 0.416 e. The second-order valence-corrected chi connectivity index (χ2v) is 10.6. The van der Waals surface area contributed by atoms with Crippen molar-refractivity contribution >= 4 is 37.6 Å². The number of nitrogens with two attached hydrogens (primary N) is 1. The molecule has 0 saturated carbocycles. The number of carbonyl (C=O) groups excluding carboxylic acids is 1. The van der Waals surface area contributed by atoms with Gasteiger partial charge in [0.15, 0.2) is 5.65 Å². The fraction of sp³-hybridized carbons (Fsp3) is 0.273. The van der Waals surface area contributed by atoms with Crippen molar-refractivity contribution in [2.24, 2.45) is 17.1 Å². The van der Waals surface area contributed by atoms with Gasteiger partial charge in [-0.05, 0) is 49.4 Å². The van der Waals surface area contributed by atoms with Crippen molar-refractivity contribution in [2.75, 3.05) is 12.0 Å². The van der Waals surface area contributed by atoms with Gasteiger partial charge in [-0.1, -0.05) is 0 Å². The Labute approximate surface area is 188 Å². The lowest BCUT2D eigenvalue weighted by atomic mass is 10.1. The third-order valence-electron chi connectivity index (χ3n) is 5.10. The van der Waals surface area contributed by atoms with Crippen LogP contribution in [0.3, 0.4) is 0 Å². The predicted molar refractivity (Wildman–Crippen MR) is 122 cm³/mol. The number of benzene rings is 2. The van der Waals surface area contributed by atoms with E-state index in [1.807, 2.05) is 0 Å². The maximum absolute atomic E-state index is 13.0. The van der Waals surface area contributed by atoms with Crippen molar-refractivity contribution in [3.8, 4) is 5.69 Å². The molecule has 2 atom stereocenters.